The normalized spacial score (nSPS) is 11.7. The number of carbonyl (C=O) groups is 1. The van der Waals surface area contributed by atoms with Crippen LogP contribution in [0.5, 0.6) is 0 Å². The monoisotopic (exact) mass is 242 g/mol. The highest BCUT2D eigenvalue weighted by atomic mass is 79.9. The summed E-state index contributed by atoms with van der Waals surface area (Å²) < 4.78 is 35.3. The molecule has 0 aliphatic rings. The van der Waals surface area contributed by atoms with Gasteiger partial charge >= 0.3 is 6.18 Å². The van der Waals surface area contributed by atoms with E-state index in [1.807, 2.05) is 5.10 Å². The predicted molar refractivity (Wildman–Crippen MR) is 36.7 cm³/mol. The van der Waals surface area contributed by atoms with Gasteiger partial charge in [0.15, 0.2) is 0 Å². The predicted octanol–water partition coefficient (Wildman–Crippen LogP) is 1.92. The Hall–Kier alpha value is -0.850. The van der Waals surface area contributed by atoms with Crippen LogP contribution in [0.3, 0.4) is 0 Å². The fraction of sp³-hybridized carbons (Fsp3) is 0.200. The third-order valence-corrected chi connectivity index (χ3v) is 1.68. The van der Waals surface area contributed by atoms with Crippen LogP contribution in [-0.2, 0) is 0 Å². The zero-order chi connectivity index (χ0) is 9.35. The molecule has 1 N–H and O–H groups in total. The van der Waals surface area contributed by atoms with E-state index in [1.165, 1.54) is 0 Å². The van der Waals surface area contributed by atoms with Gasteiger partial charge in [0.25, 0.3) is 5.78 Å². The minimum Gasteiger partial charge on any atom is -0.282 e. The van der Waals surface area contributed by atoms with Crippen LogP contribution in [-0.4, -0.2) is 22.2 Å². The van der Waals surface area contributed by atoms with Gasteiger partial charge in [-0.25, -0.2) is 0 Å². The molecule has 0 aromatic carbocycles. The number of alkyl halides is 3. The van der Waals surface area contributed by atoms with Crippen molar-refractivity contribution < 1.29 is 18.0 Å². The summed E-state index contributed by atoms with van der Waals surface area (Å²) in [5.41, 5.74) is -0.581. The molecule has 0 bridgehead atoms. The summed E-state index contributed by atoms with van der Waals surface area (Å²) in [6, 6.07) is 0. The first-order valence-corrected chi connectivity index (χ1v) is 3.52. The largest absolute Gasteiger partial charge is 0.456 e. The summed E-state index contributed by atoms with van der Waals surface area (Å²) in [6.07, 6.45) is -3.78. The second kappa shape index (κ2) is 2.89. The molecule has 1 aromatic rings. The SMILES string of the molecule is O=C(c1[nH]ncc1Br)C(F)(F)F. The third kappa shape index (κ3) is 1.66. The summed E-state index contributed by atoms with van der Waals surface area (Å²) in [7, 11) is 0. The lowest BCUT2D eigenvalue weighted by Gasteiger charge is -2.01. The first-order valence-electron chi connectivity index (χ1n) is 2.73. The van der Waals surface area contributed by atoms with Crippen molar-refractivity contribution in [2.45, 2.75) is 6.18 Å². The number of aromatic nitrogens is 2. The zero-order valence-corrected chi connectivity index (χ0v) is 7.03. The Labute approximate surface area is 73.1 Å². The van der Waals surface area contributed by atoms with E-state index in [9.17, 15) is 18.0 Å². The molecule has 7 heteroatoms. The van der Waals surface area contributed by atoms with Gasteiger partial charge in [-0.1, -0.05) is 0 Å². The molecule has 0 amide bonds. The van der Waals surface area contributed by atoms with Crippen molar-refractivity contribution in [1.82, 2.24) is 10.2 Å². The molecular formula is C5H2BrF3N2O. The molecule has 1 heterocycles. The third-order valence-electron chi connectivity index (χ3n) is 1.08. The van der Waals surface area contributed by atoms with Crippen LogP contribution in [0.1, 0.15) is 10.5 Å². The van der Waals surface area contributed by atoms with Crippen LogP contribution in [0, 0.1) is 0 Å². The van der Waals surface area contributed by atoms with Crippen molar-refractivity contribution >= 4 is 21.7 Å². The molecule has 0 saturated heterocycles. The number of H-pyrrole nitrogens is 1. The molecule has 0 saturated carbocycles. The van der Waals surface area contributed by atoms with Gasteiger partial charge in [0.05, 0.1) is 10.7 Å². The van der Waals surface area contributed by atoms with E-state index in [0.29, 0.717) is 0 Å². The summed E-state index contributed by atoms with van der Waals surface area (Å²) in [6.45, 7) is 0. The van der Waals surface area contributed by atoms with Gasteiger partial charge in [0.1, 0.15) is 5.69 Å². The molecular weight excluding hydrogens is 241 g/mol. The highest BCUT2D eigenvalue weighted by molar-refractivity contribution is 9.10. The van der Waals surface area contributed by atoms with Gasteiger partial charge in [-0.15, -0.1) is 0 Å². The fourth-order valence-corrected chi connectivity index (χ4v) is 0.944. The lowest BCUT2D eigenvalue weighted by molar-refractivity contribution is -0.0888. The van der Waals surface area contributed by atoms with Crippen molar-refractivity contribution in [3.8, 4) is 0 Å². The van der Waals surface area contributed by atoms with E-state index in [0.717, 1.165) is 6.20 Å². The number of hydrogen-bond donors (Lipinski definition) is 1. The highest BCUT2D eigenvalue weighted by Crippen LogP contribution is 2.24. The van der Waals surface area contributed by atoms with Crippen molar-refractivity contribution in [2.75, 3.05) is 0 Å². The number of halogens is 4. The van der Waals surface area contributed by atoms with Crippen LogP contribution in [0.15, 0.2) is 10.7 Å². The molecule has 66 valence electrons. The number of rotatable bonds is 1. The second-order valence-corrected chi connectivity index (χ2v) is 2.77. The summed E-state index contributed by atoms with van der Waals surface area (Å²) >= 11 is 2.74. The molecule has 0 fully saturated rings. The lowest BCUT2D eigenvalue weighted by atomic mass is 10.3. The Morgan fingerprint density at radius 2 is 2.17 bits per heavy atom. The Kier molecular flexibility index (Phi) is 2.22. The number of Topliss-reactive ketones (excluding diaryl/α,β-unsaturated/α-hetero) is 1. The molecule has 0 spiro atoms. The molecule has 0 radical (unpaired) electrons. The Bertz CT molecular complexity index is 306. The maximum atomic E-state index is 11.8. The summed E-state index contributed by atoms with van der Waals surface area (Å²) in [5, 5.41) is 5.21. The van der Waals surface area contributed by atoms with Crippen molar-refractivity contribution in [2.24, 2.45) is 0 Å². The highest BCUT2D eigenvalue weighted by Gasteiger charge is 2.41. The van der Waals surface area contributed by atoms with Crippen LogP contribution in [0.4, 0.5) is 13.2 Å². The van der Waals surface area contributed by atoms with Crippen molar-refractivity contribution in [1.29, 1.82) is 0 Å². The van der Waals surface area contributed by atoms with Gasteiger partial charge in [0, 0.05) is 0 Å². The minimum absolute atomic E-state index is 0.00447. The number of aromatic amines is 1. The van der Waals surface area contributed by atoms with Gasteiger partial charge in [-0.3, -0.25) is 9.89 Å². The van der Waals surface area contributed by atoms with Crippen LogP contribution >= 0.6 is 15.9 Å². The van der Waals surface area contributed by atoms with E-state index in [1.54, 1.807) is 0 Å². The molecule has 0 atom stereocenters. The molecule has 3 nitrogen and oxygen atoms in total. The molecule has 1 rings (SSSR count). The summed E-state index contributed by atoms with van der Waals surface area (Å²) in [5.74, 6) is -1.94. The second-order valence-electron chi connectivity index (χ2n) is 1.92. The van der Waals surface area contributed by atoms with Crippen molar-refractivity contribution in [3.63, 3.8) is 0 Å². The minimum atomic E-state index is -4.87. The lowest BCUT2D eigenvalue weighted by Crippen LogP contribution is -2.23. The first kappa shape index (κ1) is 9.24. The Morgan fingerprint density at radius 3 is 2.50 bits per heavy atom. The van der Waals surface area contributed by atoms with Crippen LogP contribution in [0.25, 0.3) is 0 Å². The number of nitrogens with one attached hydrogen (secondary N) is 1. The molecule has 0 aliphatic carbocycles. The fourth-order valence-electron chi connectivity index (χ4n) is 0.572. The number of nitrogens with zero attached hydrogens (tertiary/aromatic N) is 1. The van der Waals surface area contributed by atoms with Gasteiger partial charge in [0.2, 0.25) is 0 Å². The van der Waals surface area contributed by atoms with Gasteiger partial charge in [-0.05, 0) is 15.9 Å². The first-order chi connectivity index (χ1) is 5.43. The van der Waals surface area contributed by atoms with Crippen LogP contribution < -0.4 is 0 Å². The Balaban J connectivity index is 3.01. The molecule has 1 aromatic heterocycles. The Morgan fingerprint density at radius 1 is 1.58 bits per heavy atom. The average Bonchev–Trinajstić information content (AvgIpc) is 2.31. The van der Waals surface area contributed by atoms with Crippen molar-refractivity contribution in [3.05, 3.63) is 16.4 Å². The quantitative estimate of drug-likeness (QED) is 0.765. The standard InChI is InChI=1S/C5H2BrF3N2O/c6-2-1-10-11-3(2)4(12)5(7,8)9/h1H,(H,10,11). The van der Waals surface area contributed by atoms with Crippen LogP contribution in [0.2, 0.25) is 0 Å². The van der Waals surface area contributed by atoms with E-state index >= 15 is 0 Å². The average molecular weight is 243 g/mol. The van der Waals surface area contributed by atoms with E-state index in [4.69, 9.17) is 0 Å². The van der Waals surface area contributed by atoms with Gasteiger partial charge < -0.3 is 0 Å². The maximum Gasteiger partial charge on any atom is 0.456 e. The zero-order valence-electron chi connectivity index (χ0n) is 5.44. The molecule has 0 aliphatic heterocycles. The summed E-state index contributed by atoms with van der Waals surface area (Å²) in [4.78, 5) is 10.5. The number of carbonyl (C=O) groups excluding carboxylic acids is 1. The molecule has 0 unspecified atom stereocenters. The van der Waals surface area contributed by atoms with Gasteiger partial charge in [-0.2, -0.15) is 18.3 Å². The van der Waals surface area contributed by atoms with E-state index < -0.39 is 17.7 Å². The van der Waals surface area contributed by atoms with E-state index in [-0.39, 0.29) is 4.47 Å². The molecule has 12 heavy (non-hydrogen) atoms. The topological polar surface area (TPSA) is 45.8 Å². The van der Waals surface area contributed by atoms with E-state index in [2.05, 4.69) is 21.0 Å². The maximum absolute atomic E-state index is 11.8. The smallest absolute Gasteiger partial charge is 0.282 e. The number of ketones is 1. The number of hydrogen-bond acceptors (Lipinski definition) is 2.